The molecule has 0 spiro atoms. The van der Waals surface area contributed by atoms with Crippen molar-refractivity contribution >= 4 is 9.47 Å². The van der Waals surface area contributed by atoms with Gasteiger partial charge in [0.25, 0.3) is 0 Å². The Hall–Kier alpha value is 0.350. The lowest BCUT2D eigenvalue weighted by Gasteiger charge is -2.47. The molecule has 0 heterocycles. The topological polar surface area (TPSA) is 29.5 Å². The summed E-state index contributed by atoms with van der Waals surface area (Å²) in [6, 6.07) is 0. The highest BCUT2D eigenvalue weighted by Gasteiger charge is 2.53. The van der Waals surface area contributed by atoms with Gasteiger partial charge in [0.05, 0.1) is 11.7 Å². The van der Waals surface area contributed by atoms with Crippen LogP contribution in [0.25, 0.3) is 0 Å². The van der Waals surface area contributed by atoms with Gasteiger partial charge in [-0.3, -0.25) is 0 Å². The van der Waals surface area contributed by atoms with Gasteiger partial charge in [0.15, 0.2) is 0 Å². The fourth-order valence-electron chi connectivity index (χ4n) is 5.66. The highest BCUT2D eigenvalue weighted by atomic mass is 31.0. The third-order valence-electron chi connectivity index (χ3n) is 6.97. The molecule has 0 radical (unpaired) electrons. The zero-order valence-electron chi connectivity index (χ0n) is 15.1. The van der Waals surface area contributed by atoms with Crippen LogP contribution in [-0.2, 0) is 4.52 Å². The van der Waals surface area contributed by atoms with Gasteiger partial charge in [-0.15, -0.1) is 0 Å². The summed E-state index contributed by atoms with van der Waals surface area (Å²) in [5, 5.41) is 10.5. The van der Waals surface area contributed by atoms with Gasteiger partial charge in [-0.05, 0) is 75.5 Å². The Labute approximate surface area is 140 Å². The molecule has 2 aliphatic carbocycles. The maximum absolute atomic E-state index is 10.5. The standard InChI is InChI=1S/C19H37O2P/c1-5-19-13-7-9-17(20)16(19)11-10-15(19)14(2)8-6-12-18(3,4)21-22/h14-17,20H,5-13,22H2,1-4H3. The molecule has 22 heavy (non-hydrogen) atoms. The van der Waals surface area contributed by atoms with Gasteiger partial charge in [-0.2, -0.15) is 0 Å². The summed E-state index contributed by atoms with van der Waals surface area (Å²) >= 11 is 0. The molecule has 0 aliphatic heterocycles. The summed E-state index contributed by atoms with van der Waals surface area (Å²) in [7, 11) is 2.41. The first kappa shape index (κ1) is 18.7. The highest BCUT2D eigenvalue weighted by Crippen LogP contribution is 2.60. The van der Waals surface area contributed by atoms with Crippen LogP contribution in [-0.4, -0.2) is 16.8 Å². The van der Waals surface area contributed by atoms with Gasteiger partial charge in [-0.1, -0.05) is 33.1 Å². The van der Waals surface area contributed by atoms with Crippen molar-refractivity contribution in [2.24, 2.45) is 23.2 Å². The second kappa shape index (κ2) is 7.49. The molecule has 2 fully saturated rings. The van der Waals surface area contributed by atoms with Crippen molar-refractivity contribution in [2.75, 3.05) is 0 Å². The quantitative estimate of drug-likeness (QED) is 0.639. The van der Waals surface area contributed by atoms with E-state index >= 15 is 0 Å². The van der Waals surface area contributed by atoms with Crippen LogP contribution in [0.3, 0.4) is 0 Å². The van der Waals surface area contributed by atoms with Crippen LogP contribution in [0.4, 0.5) is 0 Å². The molecule has 130 valence electrons. The Balaban J connectivity index is 1.96. The average molecular weight is 328 g/mol. The van der Waals surface area contributed by atoms with E-state index in [0.717, 1.165) is 24.7 Å². The third-order valence-corrected chi connectivity index (χ3v) is 7.61. The van der Waals surface area contributed by atoms with Crippen LogP contribution < -0.4 is 0 Å². The first-order valence-electron chi connectivity index (χ1n) is 9.42. The first-order valence-corrected chi connectivity index (χ1v) is 9.89. The highest BCUT2D eigenvalue weighted by molar-refractivity contribution is 7.09. The van der Waals surface area contributed by atoms with Crippen LogP contribution in [0.15, 0.2) is 0 Å². The summed E-state index contributed by atoms with van der Waals surface area (Å²) < 4.78 is 5.47. The van der Waals surface area contributed by atoms with Gasteiger partial charge in [-0.25, -0.2) is 0 Å². The molecule has 0 aromatic carbocycles. The molecule has 2 saturated carbocycles. The van der Waals surface area contributed by atoms with E-state index in [1.54, 1.807) is 0 Å². The van der Waals surface area contributed by atoms with Crippen molar-refractivity contribution in [1.82, 2.24) is 0 Å². The number of rotatable bonds is 7. The zero-order valence-corrected chi connectivity index (χ0v) is 16.3. The number of fused-ring (bicyclic) bond motifs is 1. The van der Waals surface area contributed by atoms with Crippen molar-refractivity contribution in [2.45, 2.75) is 97.2 Å². The molecule has 0 aromatic rings. The molecule has 2 nitrogen and oxygen atoms in total. The zero-order chi connectivity index (χ0) is 16.4. The predicted octanol–water partition coefficient (Wildman–Crippen LogP) is 5.35. The molecule has 2 aliphatic rings. The lowest BCUT2D eigenvalue weighted by atomic mass is 9.59. The molecule has 0 aromatic heterocycles. The van der Waals surface area contributed by atoms with Gasteiger partial charge >= 0.3 is 0 Å². The van der Waals surface area contributed by atoms with Gasteiger partial charge in [0.2, 0.25) is 0 Å². The maximum Gasteiger partial charge on any atom is 0.0662 e. The minimum Gasteiger partial charge on any atom is -0.393 e. The molecule has 1 N–H and O–H groups in total. The van der Waals surface area contributed by atoms with Crippen molar-refractivity contribution in [1.29, 1.82) is 0 Å². The molecule has 0 bridgehead atoms. The molecule has 6 atom stereocenters. The number of hydrogen-bond donors (Lipinski definition) is 1. The normalized spacial score (nSPS) is 37.1. The molecular weight excluding hydrogens is 291 g/mol. The van der Waals surface area contributed by atoms with E-state index in [2.05, 4.69) is 37.2 Å². The van der Waals surface area contributed by atoms with E-state index in [0.29, 0.717) is 11.3 Å². The Kier molecular flexibility index (Phi) is 6.36. The van der Waals surface area contributed by atoms with Crippen LogP contribution in [0.1, 0.15) is 85.5 Å². The van der Waals surface area contributed by atoms with Crippen LogP contribution >= 0.6 is 9.47 Å². The van der Waals surface area contributed by atoms with Gasteiger partial charge in [0, 0.05) is 9.47 Å². The van der Waals surface area contributed by atoms with E-state index < -0.39 is 0 Å². The lowest BCUT2D eigenvalue weighted by molar-refractivity contribution is -0.0422. The number of aliphatic hydroxyl groups is 1. The summed E-state index contributed by atoms with van der Waals surface area (Å²) in [6.45, 7) is 9.16. The smallest absolute Gasteiger partial charge is 0.0662 e. The molecule has 2 rings (SSSR count). The second-order valence-electron chi connectivity index (χ2n) is 8.58. The third kappa shape index (κ3) is 3.70. The average Bonchev–Trinajstić information content (AvgIpc) is 2.88. The molecule has 6 unspecified atom stereocenters. The minimum absolute atomic E-state index is 0.0218. The Morgan fingerprint density at radius 1 is 1.32 bits per heavy atom. The van der Waals surface area contributed by atoms with E-state index in [-0.39, 0.29) is 11.7 Å². The summed E-state index contributed by atoms with van der Waals surface area (Å²) in [5.41, 5.74) is 0.412. The van der Waals surface area contributed by atoms with Crippen molar-refractivity contribution < 1.29 is 9.63 Å². The van der Waals surface area contributed by atoms with E-state index in [1.165, 1.54) is 44.9 Å². The summed E-state index contributed by atoms with van der Waals surface area (Å²) in [5.74, 6) is 2.17. The summed E-state index contributed by atoms with van der Waals surface area (Å²) in [4.78, 5) is 0. The molecule has 0 saturated heterocycles. The Morgan fingerprint density at radius 3 is 2.68 bits per heavy atom. The lowest BCUT2D eigenvalue weighted by Crippen LogP contribution is -2.43. The monoisotopic (exact) mass is 328 g/mol. The molecule has 3 heteroatoms. The fourth-order valence-corrected chi connectivity index (χ4v) is 5.78. The first-order chi connectivity index (χ1) is 10.4. The van der Waals surface area contributed by atoms with Crippen molar-refractivity contribution in [3.63, 3.8) is 0 Å². The Morgan fingerprint density at radius 2 is 2.05 bits per heavy atom. The maximum atomic E-state index is 10.5. The minimum atomic E-state index is -0.0321. The van der Waals surface area contributed by atoms with Gasteiger partial charge < -0.3 is 9.63 Å². The van der Waals surface area contributed by atoms with Crippen molar-refractivity contribution in [3.05, 3.63) is 0 Å². The van der Waals surface area contributed by atoms with Crippen LogP contribution in [0.5, 0.6) is 0 Å². The van der Waals surface area contributed by atoms with Crippen LogP contribution in [0.2, 0.25) is 0 Å². The number of hydrogen-bond acceptors (Lipinski definition) is 2. The fraction of sp³-hybridized carbons (Fsp3) is 1.00. The van der Waals surface area contributed by atoms with Crippen LogP contribution in [0, 0.1) is 23.2 Å². The summed E-state index contributed by atoms with van der Waals surface area (Å²) in [6.07, 6.45) is 11.1. The largest absolute Gasteiger partial charge is 0.393 e. The Bertz CT molecular complexity index is 357. The van der Waals surface area contributed by atoms with Gasteiger partial charge in [0.1, 0.15) is 0 Å². The second-order valence-corrected chi connectivity index (χ2v) is 8.82. The molecular formula is C19H37O2P. The SMILES string of the molecule is CCC12CCCC(O)C1CCC2C(C)CCCC(C)(C)OP. The molecule has 0 amide bonds. The van der Waals surface area contributed by atoms with E-state index in [9.17, 15) is 5.11 Å². The number of aliphatic hydroxyl groups excluding tert-OH is 1. The van der Waals surface area contributed by atoms with E-state index in [1.807, 2.05) is 0 Å². The predicted molar refractivity (Wildman–Crippen MR) is 96.7 cm³/mol. The van der Waals surface area contributed by atoms with E-state index in [4.69, 9.17) is 4.52 Å². The van der Waals surface area contributed by atoms with Crippen molar-refractivity contribution in [3.8, 4) is 0 Å².